The summed E-state index contributed by atoms with van der Waals surface area (Å²) in [4.78, 5) is 26.9. The third-order valence-electron chi connectivity index (χ3n) is 4.51. The molecule has 6 heteroatoms. The summed E-state index contributed by atoms with van der Waals surface area (Å²) in [7, 11) is 2.59. The number of esters is 2. The van der Waals surface area contributed by atoms with Crippen LogP contribution in [0.4, 0.5) is 5.69 Å². The van der Waals surface area contributed by atoms with Crippen molar-refractivity contribution in [2.45, 2.75) is 39.5 Å². The standard InChI is InChI=1S/C22H26BrNO4/c1-13(2)17-11-15(23)12-18(14(3)4)19(17)24-10-8-7-9-16(21(25)27-5)20(24)22(26)28-6/h7-14H,1-6H3. The second-order valence-electron chi connectivity index (χ2n) is 7.06. The van der Waals surface area contributed by atoms with Gasteiger partial charge in [0.1, 0.15) is 5.70 Å². The number of nitrogens with zero attached hydrogens (tertiary/aromatic N) is 1. The number of carbonyl (C=O) groups excluding carboxylic acids is 2. The lowest BCUT2D eigenvalue weighted by molar-refractivity contribution is -0.139. The van der Waals surface area contributed by atoms with Crippen LogP contribution in [0, 0.1) is 0 Å². The highest BCUT2D eigenvalue weighted by Gasteiger charge is 2.31. The zero-order valence-corrected chi connectivity index (χ0v) is 18.7. The SMILES string of the molecule is COC(=O)C1=C(C(=O)OC)N(c2c(C(C)C)cc(Br)cc2C(C)C)C=CC=C1. The first-order valence-corrected chi connectivity index (χ1v) is 9.90. The Balaban J connectivity index is 2.91. The molecule has 2 rings (SSSR count). The van der Waals surface area contributed by atoms with Crippen LogP contribution in [0.25, 0.3) is 0 Å². The van der Waals surface area contributed by atoms with Gasteiger partial charge in [-0.15, -0.1) is 0 Å². The molecule has 0 amide bonds. The molecule has 1 heterocycles. The number of hydrogen-bond acceptors (Lipinski definition) is 5. The molecule has 0 saturated carbocycles. The fourth-order valence-electron chi connectivity index (χ4n) is 3.14. The van der Waals surface area contributed by atoms with Crippen molar-refractivity contribution in [3.63, 3.8) is 0 Å². The third-order valence-corrected chi connectivity index (χ3v) is 4.97. The molecule has 0 spiro atoms. The van der Waals surface area contributed by atoms with E-state index in [-0.39, 0.29) is 23.1 Å². The second kappa shape index (κ2) is 9.24. The lowest BCUT2D eigenvalue weighted by Crippen LogP contribution is -2.28. The van der Waals surface area contributed by atoms with Crippen molar-refractivity contribution in [2.24, 2.45) is 0 Å². The van der Waals surface area contributed by atoms with Gasteiger partial charge in [-0.05, 0) is 47.2 Å². The van der Waals surface area contributed by atoms with E-state index in [0.717, 1.165) is 21.3 Å². The Kier molecular flexibility index (Phi) is 7.24. The van der Waals surface area contributed by atoms with Crippen LogP contribution >= 0.6 is 15.9 Å². The third kappa shape index (κ3) is 4.38. The topological polar surface area (TPSA) is 55.8 Å². The molecular weight excluding hydrogens is 422 g/mol. The van der Waals surface area contributed by atoms with Crippen LogP contribution in [0.15, 0.2) is 52.3 Å². The molecular formula is C22H26BrNO4. The first-order chi connectivity index (χ1) is 13.2. The normalized spacial score (nSPS) is 14.0. The number of halogens is 1. The van der Waals surface area contributed by atoms with Crippen molar-refractivity contribution in [1.82, 2.24) is 0 Å². The summed E-state index contributed by atoms with van der Waals surface area (Å²) < 4.78 is 10.9. The van der Waals surface area contributed by atoms with Crippen molar-refractivity contribution >= 4 is 33.6 Å². The summed E-state index contributed by atoms with van der Waals surface area (Å²) in [5.41, 5.74) is 3.25. The van der Waals surface area contributed by atoms with Crippen LogP contribution in [0.5, 0.6) is 0 Å². The Hall–Kier alpha value is -2.34. The van der Waals surface area contributed by atoms with Crippen LogP contribution in [0.2, 0.25) is 0 Å². The molecule has 1 aromatic carbocycles. The average Bonchev–Trinajstić information content (AvgIpc) is 2.88. The van der Waals surface area contributed by atoms with Gasteiger partial charge in [0, 0.05) is 10.7 Å². The highest BCUT2D eigenvalue weighted by atomic mass is 79.9. The van der Waals surface area contributed by atoms with Crippen molar-refractivity contribution in [3.8, 4) is 0 Å². The van der Waals surface area contributed by atoms with Crippen LogP contribution < -0.4 is 4.90 Å². The second-order valence-corrected chi connectivity index (χ2v) is 7.97. The van der Waals surface area contributed by atoms with Crippen molar-refractivity contribution in [2.75, 3.05) is 19.1 Å². The number of anilines is 1. The number of hydrogen-bond donors (Lipinski definition) is 0. The summed E-state index contributed by atoms with van der Waals surface area (Å²) in [6, 6.07) is 4.09. The molecule has 0 aliphatic carbocycles. The maximum atomic E-state index is 12.8. The smallest absolute Gasteiger partial charge is 0.355 e. The molecule has 1 aromatic rings. The summed E-state index contributed by atoms with van der Waals surface area (Å²) >= 11 is 3.60. The fraction of sp³-hybridized carbons (Fsp3) is 0.364. The number of benzene rings is 1. The van der Waals surface area contributed by atoms with Crippen LogP contribution in [0.1, 0.15) is 50.7 Å². The van der Waals surface area contributed by atoms with E-state index >= 15 is 0 Å². The molecule has 150 valence electrons. The molecule has 0 fully saturated rings. The molecule has 0 N–H and O–H groups in total. The predicted octanol–water partition coefficient (Wildman–Crippen LogP) is 5.19. The number of rotatable bonds is 5. The van der Waals surface area contributed by atoms with Gasteiger partial charge in [-0.3, -0.25) is 0 Å². The van der Waals surface area contributed by atoms with Gasteiger partial charge in [-0.25, -0.2) is 9.59 Å². The molecule has 1 aliphatic rings. The van der Waals surface area contributed by atoms with E-state index in [2.05, 4.69) is 43.6 Å². The maximum Gasteiger partial charge on any atom is 0.355 e. The number of methoxy groups -OCH3 is 2. The maximum absolute atomic E-state index is 12.8. The van der Waals surface area contributed by atoms with Crippen molar-refractivity contribution in [3.05, 3.63) is 63.4 Å². The molecule has 28 heavy (non-hydrogen) atoms. The zero-order chi connectivity index (χ0) is 21.0. The fourth-order valence-corrected chi connectivity index (χ4v) is 3.63. The van der Waals surface area contributed by atoms with E-state index in [0.29, 0.717) is 0 Å². The van der Waals surface area contributed by atoms with Gasteiger partial charge in [0.15, 0.2) is 0 Å². The van der Waals surface area contributed by atoms with Gasteiger partial charge in [0.05, 0.1) is 25.5 Å². The molecule has 0 aromatic heterocycles. The van der Waals surface area contributed by atoms with Gasteiger partial charge >= 0.3 is 11.9 Å². The Labute approximate surface area is 174 Å². The first-order valence-electron chi connectivity index (χ1n) is 9.11. The number of ether oxygens (including phenoxy) is 2. The van der Waals surface area contributed by atoms with E-state index in [4.69, 9.17) is 9.47 Å². The number of carbonyl (C=O) groups is 2. The summed E-state index contributed by atoms with van der Waals surface area (Å²) in [6.45, 7) is 8.38. The Morgan fingerprint density at radius 3 is 1.93 bits per heavy atom. The minimum absolute atomic E-state index is 0.130. The largest absolute Gasteiger partial charge is 0.465 e. The summed E-state index contributed by atoms with van der Waals surface area (Å²) in [5.74, 6) is -0.825. The van der Waals surface area contributed by atoms with Gasteiger partial charge < -0.3 is 14.4 Å². The molecule has 0 bridgehead atoms. The van der Waals surface area contributed by atoms with Gasteiger partial charge in [0.2, 0.25) is 0 Å². The summed E-state index contributed by atoms with van der Waals surface area (Å²) in [6.07, 6.45) is 6.84. The van der Waals surface area contributed by atoms with Crippen LogP contribution in [0.3, 0.4) is 0 Å². The Morgan fingerprint density at radius 2 is 1.46 bits per heavy atom. The lowest BCUT2D eigenvalue weighted by atomic mass is 9.91. The minimum Gasteiger partial charge on any atom is -0.465 e. The minimum atomic E-state index is -0.607. The highest BCUT2D eigenvalue weighted by molar-refractivity contribution is 9.10. The predicted molar refractivity (Wildman–Crippen MR) is 114 cm³/mol. The van der Waals surface area contributed by atoms with Gasteiger partial charge in [-0.1, -0.05) is 49.7 Å². The Bertz CT molecular complexity index is 836. The van der Waals surface area contributed by atoms with Crippen LogP contribution in [-0.4, -0.2) is 26.2 Å². The van der Waals surface area contributed by atoms with E-state index < -0.39 is 11.9 Å². The molecule has 0 unspecified atom stereocenters. The van der Waals surface area contributed by atoms with E-state index in [1.54, 1.807) is 29.3 Å². The monoisotopic (exact) mass is 447 g/mol. The molecule has 0 radical (unpaired) electrons. The average molecular weight is 448 g/mol. The molecule has 0 saturated heterocycles. The van der Waals surface area contributed by atoms with E-state index in [1.165, 1.54) is 14.2 Å². The van der Waals surface area contributed by atoms with Gasteiger partial charge in [0.25, 0.3) is 0 Å². The quantitative estimate of drug-likeness (QED) is 0.581. The zero-order valence-electron chi connectivity index (χ0n) is 17.1. The van der Waals surface area contributed by atoms with Crippen molar-refractivity contribution in [1.29, 1.82) is 0 Å². The first kappa shape index (κ1) is 22.0. The highest BCUT2D eigenvalue weighted by Crippen LogP contribution is 2.41. The molecule has 1 aliphatic heterocycles. The van der Waals surface area contributed by atoms with E-state index in [1.807, 2.05) is 12.1 Å². The van der Waals surface area contributed by atoms with Crippen LogP contribution in [-0.2, 0) is 19.1 Å². The van der Waals surface area contributed by atoms with Gasteiger partial charge in [-0.2, -0.15) is 0 Å². The molecule has 0 atom stereocenters. The van der Waals surface area contributed by atoms with E-state index in [9.17, 15) is 9.59 Å². The number of allylic oxidation sites excluding steroid dienone is 2. The lowest BCUT2D eigenvalue weighted by Gasteiger charge is -2.30. The summed E-state index contributed by atoms with van der Waals surface area (Å²) in [5, 5.41) is 0. The Morgan fingerprint density at radius 1 is 0.929 bits per heavy atom. The molecule has 5 nitrogen and oxygen atoms in total. The van der Waals surface area contributed by atoms with Crippen molar-refractivity contribution < 1.29 is 19.1 Å².